The van der Waals surface area contributed by atoms with Crippen LogP contribution in [0, 0.1) is 5.82 Å². The molecule has 1 heterocycles. The smallest absolute Gasteiger partial charge is 0.282 e. The van der Waals surface area contributed by atoms with Crippen molar-refractivity contribution < 1.29 is 18.7 Å². The second kappa shape index (κ2) is 8.62. The van der Waals surface area contributed by atoms with E-state index in [0.717, 1.165) is 4.90 Å². The van der Waals surface area contributed by atoms with Crippen LogP contribution in [0.2, 0.25) is 5.02 Å². The molecule has 3 aromatic rings. The van der Waals surface area contributed by atoms with E-state index in [0.29, 0.717) is 28.6 Å². The van der Waals surface area contributed by atoms with Gasteiger partial charge in [0.25, 0.3) is 11.8 Å². The molecule has 0 atom stereocenters. The summed E-state index contributed by atoms with van der Waals surface area (Å²) in [5.74, 6) is -1.33. The minimum absolute atomic E-state index is 0.0456. The van der Waals surface area contributed by atoms with Crippen molar-refractivity contribution in [2.45, 2.75) is 6.92 Å². The Morgan fingerprint density at radius 1 is 0.968 bits per heavy atom. The fraction of sp³-hybridized carbons (Fsp3) is 0.0833. The molecule has 0 bridgehead atoms. The van der Waals surface area contributed by atoms with E-state index in [4.69, 9.17) is 16.3 Å². The van der Waals surface area contributed by atoms with E-state index >= 15 is 0 Å². The summed E-state index contributed by atoms with van der Waals surface area (Å²) >= 11 is 5.98. The number of hydrogen-bond acceptors (Lipinski definition) is 4. The first-order valence-corrected chi connectivity index (χ1v) is 10.0. The molecule has 0 aliphatic carbocycles. The van der Waals surface area contributed by atoms with Gasteiger partial charge in [-0.15, -0.1) is 0 Å². The number of imide groups is 1. The van der Waals surface area contributed by atoms with Gasteiger partial charge in [-0.1, -0.05) is 41.9 Å². The molecule has 31 heavy (non-hydrogen) atoms. The number of nitrogens with zero attached hydrogens (tertiary/aromatic N) is 1. The van der Waals surface area contributed by atoms with Crippen molar-refractivity contribution >= 4 is 40.4 Å². The van der Waals surface area contributed by atoms with Crippen molar-refractivity contribution in [3.8, 4) is 5.75 Å². The summed E-state index contributed by atoms with van der Waals surface area (Å²) in [5, 5.41) is 3.53. The molecule has 0 spiro atoms. The van der Waals surface area contributed by atoms with E-state index < -0.39 is 17.6 Å². The third kappa shape index (κ3) is 4.02. The van der Waals surface area contributed by atoms with Crippen LogP contribution in [-0.4, -0.2) is 18.4 Å². The van der Waals surface area contributed by atoms with E-state index in [1.807, 2.05) is 6.92 Å². The van der Waals surface area contributed by atoms with Gasteiger partial charge in [0.15, 0.2) is 0 Å². The predicted octanol–water partition coefficient (Wildman–Crippen LogP) is 5.27. The molecule has 2 amide bonds. The number of anilines is 2. The number of para-hydroxylation sites is 1. The Bertz CT molecular complexity index is 1190. The van der Waals surface area contributed by atoms with Gasteiger partial charge in [0.2, 0.25) is 0 Å². The second-order valence-electron chi connectivity index (χ2n) is 6.74. The molecule has 0 saturated heterocycles. The van der Waals surface area contributed by atoms with E-state index in [9.17, 15) is 14.0 Å². The highest BCUT2D eigenvalue weighted by atomic mass is 35.5. The number of rotatable bonds is 6. The Kier molecular flexibility index (Phi) is 5.73. The normalized spacial score (nSPS) is 13.7. The Balaban J connectivity index is 1.81. The average molecular weight is 437 g/mol. The van der Waals surface area contributed by atoms with Crippen LogP contribution in [0.3, 0.4) is 0 Å². The maximum Gasteiger partial charge on any atom is 0.282 e. The molecule has 1 aliphatic rings. The summed E-state index contributed by atoms with van der Waals surface area (Å²) < 4.78 is 20.0. The number of amides is 2. The summed E-state index contributed by atoms with van der Waals surface area (Å²) in [6.07, 6.45) is 0. The maximum atomic E-state index is 14.4. The lowest BCUT2D eigenvalue weighted by Crippen LogP contribution is -2.33. The molecule has 3 aromatic carbocycles. The third-order valence-corrected chi connectivity index (χ3v) is 4.98. The highest BCUT2D eigenvalue weighted by molar-refractivity contribution is 6.46. The van der Waals surface area contributed by atoms with E-state index in [-0.39, 0.29) is 17.0 Å². The Morgan fingerprint density at radius 3 is 2.42 bits per heavy atom. The summed E-state index contributed by atoms with van der Waals surface area (Å²) in [7, 11) is 0. The molecule has 5 nitrogen and oxygen atoms in total. The zero-order chi connectivity index (χ0) is 22.0. The molecule has 0 fully saturated rings. The van der Waals surface area contributed by atoms with Crippen LogP contribution in [0.1, 0.15) is 12.5 Å². The molecule has 0 unspecified atom stereocenters. The minimum Gasteiger partial charge on any atom is -0.494 e. The van der Waals surface area contributed by atoms with Gasteiger partial charge in [-0.2, -0.15) is 0 Å². The summed E-state index contributed by atoms with van der Waals surface area (Å²) in [6, 6.07) is 19.2. The Hall–Kier alpha value is -3.64. The molecule has 0 aromatic heterocycles. The monoisotopic (exact) mass is 436 g/mol. The quantitative estimate of drug-likeness (QED) is 0.534. The zero-order valence-corrected chi connectivity index (χ0v) is 17.3. The van der Waals surface area contributed by atoms with Gasteiger partial charge in [0.05, 0.1) is 17.9 Å². The second-order valence-corrected chi connectivity index (χ2v) is 7.18. The van der Waals surface area contributed by atoms with Crippen LogP contribution >= 0.6 is 11.6 Å². The number of benzene rings is 3. The third-order valence-electron chi connectivity index (χ3n) is 4.72. The van der Waals surface area contributed by atoms with Crippen LogP contribution in [0.4, 0.5) is 15.8 Å². The molecular formula is C24H18ClFN2O3. The molecule has 7 heteroatoms. The molecular weight excluding hydrogens is 419 g/mol. The van der Waals surface area contributed by atoms with E-state index in [1.165, 1.54) is 18.2 Å². The van der Waals surface area contributed by atoms with Crippen LogP contribution in [0.25, 0.3) is 5.57 Å². The van der Waals surface area contributed by atoms with Gasteiger partial charge in [-0.25, -0.2) is 9.29 Å². The lowest BCUT2D eigenvalue weighted by Gasteiger charge is -2.16. The fourth-order valence-electron chi connectivity index (χ4n) is 3.36. The van der Waals surface area contributed by atoms with Gasteiger partial charge in [0.1, 0.15) is 17.3 Å². The van der Waals surface area contributed by atoms with Gasteiger partial charge < -0.3 is 10.1 Å². The minimum atomic E-state index is -0.667. The fourth-order valence-corrected chi connectivity index (χ4v) is 3.48. The molecule has 0 saturated carbocycles. The topological polar surface area (TPSA) is 58.6 Å². The first-order valence-electron chi connectivity index (χ1n) is 9.63. The molecule has 4 rings (SSSR count). The molecule has 156 valence electrons. The zero-order valence-electron chi connectivity index (χ0n) is 16.6. The number of carbonyl (C=O) groups excluding carboxylic acids is 2. The lowest BCUT2D eigenvalue weighted by molar-refractivity contribution is -0.120. The number of nitrogens with one attached hydrogen (secondary N) is 1. The maximum absolute atomic E-state index is 14.4. The van der Waals surface area contributed by atoms with E-state index in [1.54, 1.807) is 54.6 Å². The largest absolute Gasteiger partial charge is 0.494 e. The highest BCUT2D eigenvalue weighted by Gasteiger charge is 2.41. The van der Waals surface area contributed by atoms with Crippen molar-refractivity contribution in [3.05, 3.63) is 94.9 Å². The van der Waals surface area contributed by atoms with Crippen LogP contribution in [-0.2, 0) is 9.59 Å². The SMILES string of the molecule is CCOc1cccc(NC2=C(c3ccc(Cl)cc3)C(=O)N(c3ccccc3F)C2=O)c1. The van der Waals surface area contributed by atoms with Crippen LogP contribution in [0.5, 0.6) is 5.75 Å². The first kappa shape index (κ1) is 20.6. The summed E-state index contributed by atoms with van der Waals surface area (Å²) in [5.41, 5.74) is 1.12. The molecule has 1 N–H and O–H groups in total. The lowest BCUT2D eigenvalue weighted by atomic mass is 10.0. The van der Waals surface area contributed by atoms with Crippen molar-refractivity contribution in [2.75, 3.05) is 16.8 Å². The van der Waals surface area contributed by atoms with Gasteiger partial charge in [0, 0.05) is 16.8 Å². The number of hydrogen-bond donors (Lipinski definition) is 1. The van der Waals surface area contributed by atoms with Crippen molar-refractivity contribution in [2.24, 2.45) is 0 Å². The Labute approximate surface area is 183 Å². The summed E-state index contributed by atoms with van der Waals surface area (Å²) in [6.45, 7) is 2.35. The van der Waals surface area contributed by atoms with Gasteiger partial charge in [-0.05, 0) is 48.9 Å². The summed E-state index contributed by atoms with van der Waals surface area (Å²) in [4.78, 5) is 27.4. The van der Waals surface area contributed by atoms with Crippen molar-refractivity contribution in [1.29, 1.82) is 0 Å². The highest BCUT2D eigenvalue weighted by Crippen LogP contribution is 2.35. The number of carbonyl (C=O) groups is 2. The first-order chi connectivity index (χ1) is 15.0. The number of halogens is 2. The molecule has 1 aliphatic heterocycles. The standard InChI is InChI=1S/C24H18ClFN2O3/c1-2-31-18-7-5-6-17(14-18)27-22-21(15-10-12-16(25)13-11-15)23(29)28(24(22)30)20-9-4-3-8-19(20)26/h3-14,27H,2H2,1H3. The van der Waals surface area contributed by atoms with Gasteiger partial charge in [-0.3, -0.25) is 9.59 Å². The van der Waals surface area contributed by atoms with Gasteiger partial charge >= 0.3 is 0 Å². The molecule has 0 radical (unpaired) electrons. The van der Waals surface area contributed by atoms with Crippen LogP contribution in [0.15, 0.2) is 78.5 Å². The Morgan fingerprint density at radius 2 is 1.71 bits per heavy atom. The van der Waals surface area contributed by atoms with Crippen molar-refractivity contribution in [1.82, 2.24) is 0 Å². The van der Waals surface area contributed by atoms with Crippen molar-refractivity contribution in [3.63, 3.8) is 0 Å². The number of ether oxygens (including phenoxy) is 1. The predicted molar refractivity (Wildman–Crippen MR) is 118 cm³/mol. The van der Waals surface area contributed by atoms with E-state index in [2.05, 4.69) is 5.32 Å². The van der Waals surface area contributed by atoms with Crippen LogP contribution < -0.4 is 15.0 Å². The average Bonchev–Trinajstić information content (AvgIpc) is 2.99.